The molecule has 1 amide bonds. The molecule has 1 N–H and O–H groups in total. The number of para-hydroxylation sites is 1. The van der Waals surface area contributed by atoms with Gasteiger partial charge in [-0.25, -0.2) is 0 Å². The molecule has 2 fully saturated rings. The van der Waals surface area contributed by atoms with E-state index in [4.69, 9.17) is 4.74 Å². The number of hydrazine groups is 1. The van der Waals surface area contributed by atoms with Crippen molar-refractivity contribution in [1.29, 1.82) is 0 Å². The van der Waals surface area contributed by atoms with Crippen molar-refractivity contribution in [3.8, 4) is 5.75 Å². The molecule has 2 aliphatic rings. The fraction of sp³-hybridized carbons (Fsp3) is 0.316. The van der Waals surface area contributed by atoms with Gasteiger partial charge in [0.15, 0.2) is 0 Å². The van der Waals surface area contributed by atoms with Crippen LogP contribution in [-0.4, -0.2) is 30.5 Å². The highest BCUT2D eigenvalue weighted by Crippen LogP contribution is 2.37. The maximum Gasteiger partial charge on any atom is 0.255 e. The smallest absolute Gasteiger partial charge is 0.255 e. The van der Waals surface area contributed by atoms with Crippen molar-refractivity contribution in [3.05, 3.63) is 60.2 Å². The molecule has 0 aromatic heterocycles. The zero-order valence-corrected chi connectivity index (χ0v) is 13.7. The van der Waals surface area contributed by atoms with Crippen LogP contribution in [0.2, 0.25) is 0 Å². The monoisotopic (exact) mass is 323 g/mol. The van der Waals surface area contributed by atoms with Crippen molar-refractivity contribution in [2.45, 2.75) is 25.0 Å². The molecule has 124 valence electrons. The zero-order valence-electron chi connectivity index (χ0n) is 13.7. The van der Waals surface area contributed by atoms with Crippen LogP contribution < -0.4 is 15.2 Å². The Morgan fingerprint density at radius 2 is 1.83 bits per heavy atom. The predicted octanol–water partition coefficient (Wildman–Crippen LogP) is 2.71. The Labute approximate surface area is 141 Å². The minimum absolute atomic E-state index is 0.0106. The van der Waals surface area contributed by atoms with Crippen molar-refractivity contribution in [2.75, 3.05) is 18.7 Å². The largest absolute Gasteiger partial charge is 0.497 e. The number of nitrogens with zero attached hydrogens (tertiary/aromatic N) is 2. The van der Waals surface area contributed by atoms with Crippen molar-refractivity contribution in [1.82, 2.24) is 10.3 Å². The number of ether oxygens (including phenoxy) is 1. The Morgan fingerprint density at radius 1 is 1.08 bits per heavy atom. The zero-order chi connectivity index (χ0) is 16.5. The maximum atomic E-state index is 12.5. The van der Waals surface area contributed by atoms with Gasteiger partial charge in [0.05, 0.1) is 18.8 Å². The van der Waals surface area contributed by atoms with Crippen LogP contribution in [0.3, 0.4) is 0 Å². The molecule has 2 saturated heterocycles. The minimum Gasteiger partial charge on any atom is -0.497 e. The van der Waals surface area contributed by atoms with Gasteiger partial charge in [0, 0.05) is 6.54 Å². The summed E-state index contributed by atoms with van der Waals surface area (Å²) in [5, 5.41) is 1.98. The van der Waals surface area contributed by atoms with E-state index >= 15 is 0 Å². The molecule has 5 heteroatoms. The number of anilines is 1. The summed E-state index contributed by atoms with van der Waals surface area (Å²) in [5.74, 6) is 0.920. The molecule has 1 unspecified atom stereocenters. The van der Waals surface area contributed by atoms with Crippen molar-refractivity contribution < 1.29 is 9.53 Å². The molecule has 0 spiro atoms. The number of carbonyl (C=O) groups excluding carboxylic acids is 1. The minimum atomic E-state index is -0.0444. The van der Waals surface area contributed by atoms with E-state index in [0.29, 0.717) is 0 Å². The first-order valence-electron chi connectivity index (χ1n) is 8.32. The molecular weight excluding hydrogens is 302 g/mol. The highest BCUT2D eigenvalue weighted by molar-refractivity contribution is 5.85. The van der Waals surface area contributed by atoms with Gasteiger partial charge in [0.25, 0.3) is 5.91 Å². The quantitative estimate of drug-likeness (QED) is 0.943. The number of hydrogen-bond acceptors (Lipinski definition) is 4. The second-order valence-electron chi connectivity index (χ2n) is 6.22. The fourth-order valence-corrected chi connectivity index (χ4v) is 3.68. The lowest BCUT2D eigenvalue weighted by Gasteiger charge is -2.46. The first kappa shape index (κ1) is 15.0. The van der Waals surface area contributed by atoms with Crippen LogP contribution in [0.5, 0.6) is 5.75 Å². The summed E-state index contributed by atoms with van der Waals surface area (Å²) in [6, 6.07) is 18.1. The third-order valence-corrected chi connectivity index (χ3v) is 4.83. The lowest BCUT2D eigenvalue weighted by molar-refractivity contribution is -0.130. The summed E-state index contributed by atoms with van der Waals surface area (Å²) in [4.78, 5) is 14.8. The van der Waals surface area contributed by atoms with Crippen molar-refractivity contribution in [3.63, 3.8) is 0 Å². The number of hydrogen-bond donors (Lipinski definition) is 1. The van der Waals surface area contributed by atoms with Crippen LogP contribution in [0.25, 0.3) is 0 Å². The summed E-state index contributed by atoms with van der Waals surface area (Å²) in [6.45, 7) is 0.929. The van der Waals surface area contributed by atoms with E-state index in [1.54, 1.807) is 7.11 Å². The number of fused-ring (bicyclic) bond motifs is 1. The average Bonchev–Trinajstić information content (AvgIpc) is 3.13. The molecule has 2 atom stereocenters. The number of nitrogens with one attached hydrogen (secondary N) is 1. The summed E-state index contributed by atoms with van der Waals surface area (Å²) in [7, 11) is 1.67. The van der Waals surface area contributed by atoms with Crippen LogP contribution in [0.4, 0.5) is 5.69 Å². The molecule has 2 aromatic carbocycles. The van der Waals surface area contributed by atoms with Gasteiger partial charge in [-0.3, -0.25) is 20.1 Å². The molecule has 0 aliphatic carbocycles. The van der Waals surface area contributed by atoms with E-state index < -0.39 is 0 Å². The summed E-state index contributed by atoms with van der Waals surface area (Å²) in [5.41, 5.74) is 5.23. The number of benzene rings is 2. The Bertz CT molecular complexity index is 717. The van der Waals surface area contributed by atoms with E-state index in [1.165, 1.54) is 0 Å². The topological polar surface area (TPSA) is 44.8 Å². The van der Waals surface area contributed by atoms with Crippen LogP contribution in [0.1, 0.15) is 24.6 Å². The van der Waals surface area contributed by atoms with E-state index in [0.717, 1.165) is 36.4 Å². The lowest BCUT2D eigenvalue weighted by atomic mass is 10.1. The van der Waals surface area contributed by atoms with Crippen molar-refractivity contribution >= 4 is 11.6 Å². The average molecular weight is 323 g/mol. The van der Waals surface area contributed by atoms with Gasteiger partial charge >= 0.3 is 0 Å². The molecule has 2 aliphatic heterocycles. The molecular formula is C19H21N3O2. The Kier molecular flexibility index (Phi) is 3.86. The number of amides is 1. The van der Waals surface area contributed by atoms with E-state index in [-0.39, 0.29) is 18.1 Å². The van der Waals surface area contributed by atoms with Gasteiger partial charge in [-0.05, 0) is 42.7 Å². The van der Waals surface area contributed by atoms with Gasteiger partial charge in [0.2, 0.25) is 0 Å². The van der Waals surface area contributed by atoms with Gasteiger partial charge < -0.3 is 4.74 Å². The maximum absolute atomic E-state index is 12.5. The molecule has 0 saturated carbocycles. The molecule has 2 heterocycles. The number of methoxy groups -OCH3 is 1. The van der Waals surface area contributed by atoms with Gasteiger partial charge in [-0.15, -0.1) is 0 Å². The molecule has 24 heavy (non-hydrogen) atoms. The fourth-order valence-electron chi connectivity index (χ4n) is 3.68. The second kappa shape index (κ2) is 6.17. The van der Waals surface area contributed by atoms with Crippen LogP contribution >= 0.6 is 0 Å². The highest BCUT2D eigenvalue weighted by atomic mass is 16.5. The highest BCUT2D eigenvalue weighted by Gasteiger charge is 2.44. The Hall–Kier alpha value is -2.53. The molecule has 0 bridgehead atoms. The Balaban J connectivity index is 1.76. The van der Waals surface area contributed by atoms with Gasteiger partial charge in [-0.2, -0.15) is 0 Å². The Morgan fingerprint density at radius 3 is 2.54 bits per heavy atom. The third-order valence-electron chi connectivity index (χ3n) is 4.83. The predicted molar refractivity (Wildman–Crippen MR) is 92.5 cm³/mol. The van der Waals surface area contributed by atoms with Crippen LogP contribution in [-0.2, 0) is 4.79 Å². The summed E-state index contributed by atoms with van der Waals surface area (Å²) in [6.07, 6.45) is 1.96. The first-order chi connectivity index (χ1) is 11.8. The summed E-state index contributed by atoms with van der Waals surface area (Å²) >= 11 is 0. The van der Waals surface area contributed by atoms with E-state index in [2.05, 4.69) is 22.5 Å². The first-order valence-corrected chi connectivity index (χ1v) is 8.32. The lowest BCUT2D eigenvalue weighted by Crippen LogP contribution is -2.62. The third kappa shape index (κ3) is 2.51. The van der Waals surface area contributed by atoms with Crippen LogP contribution in [0.15, 0.2) is 54.6 Å². The SMILES string of the molecule is COc1ccc(C2N(c3ccccc3)NC(=O)[C@@H]3CCCN23)cc1. The molecule has 4 rings (SSSR count). The number of rotatable bonds is 3. The van der Waals surface area contributed by atoms with E-state index in [9.17, 15) is 4.79 Å². The molecule has 5 nitrogen and oxygen atoms in total. The second-order valence-corrected chi connectivity index (χ2v) is 6.22. The van der Waals surface area contributed by atoms with Gasteiger partial charge in [0.1, 0.15) is 11.9 Å². The standard InChI is InChI=1S/C19H21N3O2/c1-24-16-11-9-14(10-12-16)19-21-13-5-8-17(21)18(23)20-22(19)15-6-3-2-4-7-15/h2-4,6-7,9-12,17,19H,5,8,13H2,1H3,(H,20,23)/t17-,19?/m0/s1. The molecule has 2 aromatic rings. The van der Waals surface area contributed by atoms with Crippen molar-refractivity contribution in [2.24, 2.45) is 0 Å². The normalized spacial score (nSPS) is 23.7. The van der Waals surface area contributed by atoms with Crippen LogP contribution in [0, 0.1) is 0 Å². The van der Waals surface area contributed by atoms with Gasteiger partial charge in [-0.1, -0.05) is 30.3 Å². The summed E-state index contributed by atoms with van der Waals surface area (Å²) < 4.78 is 5.27. The number of carbonyl (C=O) groups is 1. The van der Waals surface area contributed by atoms with E-state index in [1.807, 2.05) is 47.5 Å². The molecule has 0 radical (unpaired) electrons.